The molecule has 2 aromatic heterocycles. The van der Waals surface area contributed by atoms with Crippen LogP contribution < -0.4 is 25.1 Å². The van der Waals surface area contributed by atoms with Gasteiger partial charge in [0.05, 0.1) is 16.9 Å². The Morgan fingerprint density at radius 3 is 2.62 bits per heavy atom. The summed E-state index contributed by atoms with van der Waals surface area (Å²) >= 11 is 8.48. The number of imidazole rings is 1. The minimum Gasteiger partial charge on any atom is -0.454 e. The molecule has 2 aromatic carbocycles. The molecule has 4 aromatic rings. The molecule has 4 rings (SSSR count). The van der Waals surface area contributed by atoms with Crippen molar-refractivity contribution in [3.05, 3.63) is 79.1 Å². The average molecular weight is 659 g/mol. The summed E-state index contributed by atoms with van der Waals surface area (Å²) in [6.45, 7) is 1.57. The number of nitrogens with zero attached hydrogens (tertiary/aromatic N) is 2. The first-order chi connectivity index (χ1) is 17.5. The van der Waals surface area contributed by atoms with Gasteiger partial charge in [0, 0.05) is 30.1 Å². The lowest BCUT2D eigenvalue weighted by Gasteiger charge is -2.21. The minimum atomic E-state index is -3.85. The highest BCUT2D eigenvalue weighted by Crippen LogP contribution is 2.42. The Kier molecular flexibility index (Phi) is 7.77. The molecular formula is C23H21ClFIN6O4S. The predicted octanol–water partition coefficient (Wildman–Crippen LogP) is 4.89. The predicted molar refractivity (Wildman–Crippen MR) is 150 cm³/mol. The second kappa shape index (κ2) is 10.7. The molecule has 194 valence electrons. The van der Waals surface area contributed by atoms with Crippen LogP contribution in [0.3, 0.4) is 0 Å². The Morgan fingerprint density at radius 1 is 1.22 bits per heavy atom. The van der Waals surface area contributed by atoms with Gasteiger partial charge in [0.2, 0.25) is 0 Å². The van der Waals surface area contributed by atoms with Crippen LogP contribution in [0.15, 0.2) is 53.6 Å². The molecule has 0 fully saturated rings. The van der Waals surface area contributed by atoms with E-state index in [9.17, 15) is 17.6 Å². The number of hydrogen-bond donors (Lipinski definition) is 4. The van der Waals surface area contributed by atoms with E-state index in [1.807, 2.05) is 22.6 Å². The monoisotopic (exact) mass is 658 g/mol. The average Bonchev–Trinajstić information content (AvgIpc) is 3.39. The van der Waals surface area contributed by atoms with Crippen LogP contribution in [0.25, 0.3) is 11.4 Å². The molecule has 0 saturated heterocycles. The second-order valence-corrected chi connectivity index (χ2v) is 11.0. The van der Waals surface area contributed by atoms with Crippen molar-refractivity contribution in [3.63, 3.8) is 0 Å². The topological polar surface area (TPSA) is 130 Å². The molecule has 10 nitrogen and oxygen atoms in total. The molecule has 4 N–H and O–H groups in total. The number of aromatic amines is 1. The maximum Gasteiger partial charge on any atom is 0.298 e. The highest BCUT2D eigenvalue weighted by atomic mass is 127. The summed E-state index contributed by atoms with van der Waals surface area (Å²) in [5.74, 6) is 0.213. The summed E-state index contributed by atoms with van der Waals surface area (Å²) < 4.78 is 51.3. The molecule has 0 unspecified atom stereocenters. The summed E-state index contributed by atoms with van der Waals surface area (Å²) in [5, 5.41) is 2.96. The largest absolute Gasteiger partial charge is 0.454 e. The Morgan fingerprint density at radius 2 is 1.97 bits per heavy atom. The first-order valence-electron chi connectivity index (χ1n) is 10.7. The molecule has 2 heterocycles. The van der Waals surface area contributed by atoms with Gasteiger partial charge in [-0.15, -0.1) is 0 Å². The summed E-state index contributed by atoms with van der Waals surface area (Å²) in [6.07, 6.45) is 3.11. The van der Waals surface area contributed by atoms with E-state index in [0.717, 1.165) is 0 Å². The fraction of sp³-hybridized carbons (Fsp3) is 0.130. The van der Waals surface area contributed by atoms with Gasteiger partial charge in [-0.3, -0.25) is 14.1 Å². The highest BCUT2D eigenvalue weighted by Gasteiger charge is 2.25. The van der Waals surface area contributed by atoms with E-state index >= 15 is 0 Å². The second-order valence-electron chi connectivity index (χ2n) is 7.76. The zero-order valence-corrected chi connectivity index (χ0v) is 23.4. The molecule has 37 heavy (non-hydrogen) atoms. The van der Waals surface area contributed by atoms with Gasteiger partial charge >= 0.3 is 0 Å². The number of H-pyrrole nitrogens is 1. The summed E-state index contributed by atoms with van der Waals surface area (Å²) in [5.41, 5.74) is 0.343. The normalized spacial score (nSPS) is 11.4. The van der Waals surface area contributed by atoms with Gasteiger partial charge in [-0.25, -0.2) is 14.1 Å². The first-order valence-corrected chi connectivity index (χ1v) is 13.6. The zero-order chi connectivity index (χ0) is 26.9. The van der Waals surface area contributed by atoms with E-state index in [1.54, 1.807) is 32.3 Å². The summed E-state index contributed by atoms with van der Waals surface area (Å²) in [4.78, 5) is 20.5. The highest BCUT2D eigenvalue weighted by molar-refractivity contribution is 14.1. The smallest absolute Gasteiger partial charge is 0.298 e. The van der Waals surface area contributed by atoms with Gasteiger partial charge in [0.15, 0.2) is 5.75 Å². The van der Waals surface area contributed by atoms with Crippen molar-refractivity contribution in [3.8, 4) is 22.9 Å². The number of benzene rings is 2. The number of pyridine rings is 1. The van der Waals surface area contributed by atoms with Crippen LogP contribution in [0, 0.1) is 16.3 Å². The molecular weight excluding hydrogens is 638 g/mol. The molecule has 0 aliphatic carbocycles. The van der Waals surface area contributed by atoms with Crippen molar-refractivity contribution in [2.45, 2.75) is 6.92 Å². The fourth-order valence-electron chi connectivity index (χ4n) is 3.50. The van der Waals surface area contributed by atoms with Gasteiger partial charge in [-0.1, -0.05) is 17.7 Å². The Balaban J connectivity index is 1.91. The molecule has 0 atom stereocenters. The molecule has 0 aliphatic heterocycles. The Hall–Kier alpha value is -3.14. The van der Waals surface area contributed by atoms with E-state index in [-0.39, 0.29) is 39.3 Å². The quantitative estimate of drug-likeness (QED) is 0.200. The molecule has 0 amide bonds. The molecule has 0 radical (unpaired) electrons. The van der Waals surface area contributed by atoms with Crippen molar-refractivity contribution >= 4 is 61.6 Å². The van der Waals surface area contributed by atoms with E-state index < -0.39 is 21.6 Å². The first kappa shape index (κ1) is 26.9. The Bertz CT molecular complexity index is 1640. The van der Waals surface area contributed by atoms with Gasteiger partial charge in [-0.05, 0) is 59.8 Å². The van der Waals surface area contributed by atoms with E-state index in [1.165, 1.54) is 42.1 Å². The van der Waals surface area contributed by atoms with Crippen molar-refractivity contribution < 1.29 is 17.5 Å². The van der Waals surface area contributed by atoms with Crippen molar-refractivity contribution in [2.75, 3.05) is 17.1 Å². The molecule has 0 aliphatic rings. The van der Waals surface area contributed by atoms with Crippen molar-refractivity contribution in [2.24, 2.45) is 7.05 Å². The lowest BCUT2D eigenvalue weighted by atomic mass is 10.1. The van der Waals surface area contributed by atoms with Crippen LogP contribution in [-0.2, 0) is 17.3 Å². The van der Waals surface area contributed by atoms with Crippen LogP contribution in [0.4, 0.5) is 21.6 Å². The Labute approximate surface area is 230 Å². The van der Waals surface area contributed by atoms with E-state index in [4.69, 9.17) is 16.3 Å². The number of nitrogens with one attached hydrogen (secondary N) is 4. The SMILES string of the molecule is CNS(=O)(=O)Nc1cccc(Oc2c(-c3ncc[nH]3)c(Nc3ccc(I)cc3F)n(C)c(=O)c2C)c1Cl. The van der Waals surface area contributed by atoms with E-state index in [2.05, 4.69) is 24.7 Å². The standard InChI is InChI=1S/C23H21ClFIN6O4S/c1-12-20(36-17-6-4-5-16(19(17)24)31-37(34,35)27-2)18(21-28-9-10-29-21)22(32(3)23(12)33)30-15-8-7-13(26)11-14(15)25/h4-11,27,30-31H,1-3H3,(H,28,29). The van der Waals surface area contributed by atoms with Crippen LogP contribution in [0.5, 0.6) is 11.5 Å². The van der Waals surface area contributed by atoms with Gasteiger partial charge in [0.25, 0.3) is 15.8 Å². The van der Waals surface area contributed by atoms with Gasteiger partial charge in [0.1, 0.15) is 33.8 Å². The maximum absolute atomic E-state index is 14.7. The molecule has 0 spiro atoms. The number of aromatic nitrogens is 3. The van der Waals surface area contributed by atoms with Gasteiger partial charge < -0.3 is 15.0 Å². The maximum atomic E-state index is 14.7. The van der Waals surface area contributed by atoms with Crippen LogP contribution in [0.1, 0.15) is 5.56 Å². The molecule has 14 heteroatoms. The number of halogens is 3. The van der Waals surface area contributed by atoms with Gasteiger partial charge in [-0.2, -0.15) is 8.42 Å². The minimum absolute atomic E-state index is 0.0371. The van der Waals surface area contributed by atoms with E-state index in [0.29, 0.717) is 15.0 Å². The fourth-order valence-corrected chi connectivity index (χ4v) is 4.78. The number of ether oxygens (including phenoxy) is 1. The molecule has 0 bridgehead atoms. The molecule has 0 saturated carbocycles. The number of rotatable bonds is 8. The summed E-state index contributed by atoms with van der Waals surface area (Å²) in [7, 11) is -1.06. The van der Waals surface area contributed by atoms with Crippen LogP contribution in [0.2, 0.25) is 5.02 Å². The van der Waals surface area contributed by atoms with Crippen molar-refractivity contribution in [1.82, 2.24) is 19.3 Å². The third-order valence-electron chi connectivity index (χ3n) is 5.37. The lowest BCUT2D eigenvalue weighted by Crippen LogP contribution is -2.26. The summed E-state index contributed by atoms with van der Waals surface area (Å²) in [6, 6.07) is 9.16. The number of anilines is 3. The zero-order valence-electron chi connectivity index (χ0n) is 19.7. The third kappa shape index (κ3) is 5.58. The van der Waals surface area contributed by atoms with Crippen molar-refractivity contribution in [1.29, 1.82) is 0 Å². The third-order valence-corrected chi connectivity index (χ3v) is 7.46. The number of hydrogen-bond acceptors (Lipinski definition) is 6. The van der Waals surface area contributed by atoms with Crippen LogP contribution in [-0.4, -0.2) is 30.0 Å². The lowest BCUT2D eigenvalue weighted by molar-refractivity contribution is 0.478. The van der Waals surface area contributed by atoms with Crippen LogP contribution >= 0.6 is 34.2 Å².